The summed E-state index contributed by atoms with van der Waals surface area (Å²) < 4.78 is 40.3. The minimum absolute atomic E-state index is 0.0373. The molecule has 6 N–H and O–H groups in total. The fraction of sp³-hybridized carbons (Fsp3) is 0.417. The molecule has 2 heterocycles. The molecule has 2 aromatic heterocycles. The molecule has 0 aliphatic heterocycles. The quantitative estimate of drug-likeness (QED) is 0.231. The predicted octanol–water partition coefficient (Wildman–Crippen LogP) is 4.38. The Bertz CT molecular complexity index is 1270. The van der Waals surface area contributed by atoms with Crippen molar-refractivity contribution in [2.24, 2.45) is 5.73 Å². The number of H-pyrrole nitrogens is 2. The van der Waals surface area contributed by atoms with Crippen LogP contribution in [-0.2, 0) is 12.6 Å². The first-order chi connectivity index (χ1) is 17.7. The first kappa shape index (κ1) is 26.7. The maximum Gasteiger partial charge on any atom is 0.435 e. The Morgan fingerprint density at radius 1 is 1.16 bits per heavy atom. The molecule has 1 aromatic carbocycles. The van der Waals surface area contributed by atoms with Crippen LogP contribution >= 0.6 is 11.6 Å². The minimum atomic E-state index is -4.59. The smallest absolute Gasteiger partial charge is 0.352 e. The monoisotopic (exact) mass is 537 g/mol. The van der Waals surface area contributed by atoms with Crippen LogP contribution in [-0.4, -0.2) is 45.1 Å². The van der Waals surface area contributed by atoms with E-state index in [1.807, 2.05) is 0 Å². The summed E-state index contributed by atoms with van der Waals surface area (Å²) in [5.41, 5.74) is 5.98. The van der Waals surface area contributed by atoms with Gasteiger partial charge in [0.15, 0.2) is 11.5 Å². The molecule has 0 atom stereocenters. The zero-order valence-corrected chi connectivity index (χ0v) is 20.6. The van der Waals surface area contributed by atoms with Crippen LogP contribution in [0.5, 0.6) is 0 Å². The van der Waals surface area contributed by atoms with Gasteiger partial charge in [0.05, 0.1) is 10.6 Å². The molecule has 4 rings (SSSR count). The first-order valence-corrected chi connectivity index (χ1v) is 12.3. The zero-order valence-electron chi connectivity index (χ0n) is 19.8. The van der Waals surface area contributed by atoms with Gasteiger partial charge in [-0.05, 0) is 50.4 Å². The summed E-state index contributed by atoms with van der Waals surface area (Å²) in [4.78, 5) is 31.8. The summed E-state index contributed by atoms with van der Waals surface area (Å²) in [6.07, 6.45) is 0.860. The van der Waals surface area contributed by atoms with Gasteiger partial charge in [0.25, 0.3) is 11.8 Å². The molecule has 13 heteroatoms. The molecule has 1 aliphatic rings. The van der Waals surface area contributed by atoms with Crippen molar-refractivity contribution >= 4 is 29.1 Å². The van der Waals surface area contributed by atoms with Crippen LogP contribution < -0.4 is 16.4 Å². The van der Waals surface area contributed by atoms with Crippen molar-refractivity contribution in [2.75, 3.05) is 18.4 Å². The van der Waals surface area contributed by atoms with Gasteiger partial charge in [-0.1, -0.05) is 18.0 Å². The van der Waals surface area contributed by atoms with Crippen molar-refractivity contribution in [1.82, 2.24) is 25.5 Å². The van der Waals surface area contributed by atoms with Crippen LogP contribution in [0.25, 0.3) is 0 Å². The average molecular weight is 538 g/mol. The summed E-state index contributed by atoms with van der Waals surface area (Å²) in [5.74, 6) is -0.967. The van der Waals surface area contributed by atoms with Crippen molar-refractivity contribution in [3.8, 4) is 0 Å². The lowest BCUT2D eigenvalue weighted by Crippen LogP contribution is -2.25. The number of nitrogens with zero attached hydrogens (tertiary/aromatic N) is 2. The molecule has 1 fully saturated rings. The third-order valence-electron chi connectivity index (χ3n) is 6.00. The molecule has 0 radical (unpaired) electrons. The number of nitrogens with one attached hydrogen (secondary N) is 4. The Hall–Kier alpha value is -3.38. The number of hydrogen-bond acceptors (Lipinski definition) is 5. The molecule has 2 amide bonds. The van der Waals surface area contributed by atoms with Gasteiger partial charge in [0.1, 0.15) is 0 Å². The minimum Gasteiger partial charge on any atom is -0.352 e. The van der Waals surface area contributed by atoms with E-state index in [0.717, 1.165) is 32.1 Å². The maximum atomic E-state index is 13.4. The summed E-state index contributed by atoms with van der Waals surface area (Å²) in [6, 6.07) is 4.47. The van der Waals surface area contributed by atoms with Crippen LogP contribution in [0.2, 0.25) is 5.02 Å². The third-order valence-corrected chi connectivity index (χ3v) is 6.31. The van der Waals surface area contributed by atoms with E-state index < -0.39 is 17.8 Å². The normalized spacial score (nSPS) is 13.5. The number of imidazole rings is 1. The Morgan fingerprint density at radius 3 is 2.62 bits per heavy atom. The van der Waals surface area contributed by atoms with Crippen LogP contribution in [0.15, 0.2) is 24.4 Å². The number of carbonyl (C=O) groups excluding carboxylic acids is 2. The Kier molecular flexibility index (Phi) is 8.18. The lowest BCUT2D eigenvalue weighted by Gasteiger charge is -2.09. The zero-order chi connectivity index (χ0) is 26.6. The topological polar surface area (TPSA) is 142 Å². The molecule has 9 nitrogen and oxygen atoms in total. The van der Waals surface area contributed by atoms with E-state index in [1.54, 1.807) is 0 Å². The number of halogens is 4. The van der Waals surface area contributed by atoms with E-state index in [4.69, 9.17) is 17.3 Å². The van der Waals surface area contributed by atoms with E-state index in [9.17, 15) is 22.8 Å². The Labute approximate surface area is 215 Å². The Balaban J connectivity index is 1.39. The predicted molar refractivity (Wildman–Crippen MR) is 132 cm³/mol. The van der Waals surface area contributed by atoms with Gasteiger partial charge in [-0.15, -0.1) is 0 Å². The van der Waals surface area contributed by atoms with Gasteiger partial charge >= 0.3 is 6.18 Å². The highest BCUT2D eigenvalue weighted by atomic mass is 35.5. The fourth-order valence-corrected chi connectivity index (χ4v) is 4.23. The molecule has 37 heavy (non-hydrogen) atoms. The van der Waals surface area contributed by atoms with Crippen molar-refractivity contribution < 1.29 is 22.8 Å². The molecule has 0 bridgehead atoms. The van der Waals surface area contributed by atoms with Crippen molar-refractivity contribution in [2.45, 2.75) is 50.6 Å². The van der Waals surface area contributed by atoms with Gasteiger partial charge in [-0.2, -0.15) is 18.3 Å². The van der Waals surface area contributed by atoms with Crippen LogP contribution in [0.1, 0.15) is 81.6 Å². The number of rotatable bonds is 11. The second-order valence-corrected chi connectivity index (χ2v) is 9.33. The van der Waals surface area contributed by atoms with Gasteiger partial charge in [-0.3, -0.25) is 14.7 Å². The van der Waals surface area contributed by atoms with Gasteiger partial charge in [0, 0.05) is 47.7 Å². The summed E-state index contributed by atoms with van der Waals surface area (Å²) in [5, 5.41) is 11.6. The summed E-state index contributed by atoms with van der Waals surface area (Å²) >= 11 is 6.24. The molecule has 0 spiro atoms. The van der Waals surface area contributed by atoms with Crippen molar-refractivity contribution in [1.29, 1.82) is 0 Å². The highest BCUT2D eigenvalue weighted by Crippen LogP contribution is 2.44. The fourth-order valence-electron chi connectivity index (χ4n) is 3.97. The SMILES string of the molecule is NCCCCCNC(=O)c1ccc(NC(=O)c2ncc(Cc3c(C(F)(F)F)n[nH]c3C3CC3)[nH]2)cc1Cl. The number of nitrogens with two attached hydrogens (primary N) is 1. The highest BCUT2D eigenvalue weighted by molar-refractivity contribution is 6.34. The van der Waals surface area contributed by atoms with Gasteiger partial charge in [-0.25, -0.2) is 4.98 Å². The van der Waals surface area contributed by atoms with Crippen molar-refractivity contribution in [3.63, 3.8) is 0 Å². The maximum absolute atomic E-state index is 13.4. The van der Waals surface area contributed by atoms with Crippen LogP contribution in [0.4, 0.5) is 18.9 Å². The number of alkyl halides is 3. The average Bonchev–Trinajstić information content (AvgIpc) is 3.41. The number of hydrogen-bond donors (Lipinski definition) is 5. The molecule has 1 saturated carbocycles. The van der Waals surface area contributed by atoms with E-state index in [1.165, 1.54) is 24.4 Å². The van der Waals surface area contributed by atoms with E-state index in [-0.39, 0.29) is 40.2 Å². The number of anilines is 1. The molecule has 3 aromatic rings. The summed E-state index contributed by atoms with van der Waals surface area (Å²) in [6.45, 7) is 1.11. The van der Waals surface area contributed by atoms with E-state index >= 15 is 0 Å². The molecule has 0 unspecified atom stereocenters. The third kappa shape index (κ3) is 6.69. The lowest BCUT2D eigenvalue weighted by molar-refractivity contribution is -0.141. The number of aromatic amines is 2. The molecular formula is C24H27ClF3N7O2. The largest absolute Gasteiger partial charge is 0.435 e. The van der Waals surface area contributed by atoms with Crippen molar-refractivity contribution in [3.05, 3.63) is 63.5 Å². The number of aromatic nitrogens is 4. The number of unbranched alkanes of at least 4 members (excludes halogenated alkanes) is 2. The molecular weight excluding hydrogens is 511 g/mol. The second kappa shape index (κ2) is 11.3. The number of benzene rings is 1. The molecule has 198 valence electrons. The Morgan fingerprint density at radius 2 is 1.95 bits per heavy atom. The second-order valence-electron chi connectivity index (χ2n) is 8.92. The standard InChI is InChI=1S/C24H27ClF3N7O2/c25-18-11-14(6-7-16(18)22(36)30-9-3-1-2-8-29)33-23(37)21-31-12-15(32-21)10-17-19(13-4-5-13)34-35-20(17)24(26,27)28/h6-7,11-13H,1-5,8-10,29H2,(H,30,36)(H,31,32)(H,33,37)(H,34,35). The lowest BCUT2D eigenvalue weighted by atomic mass is 10.0. The number of amides is 2. The summed E-state index contributed by atoms with van der Waals surface area (Å²) in [7, 11) is 0. The molecule has 0 saturated heterocycles. The highest BCUT2D eigenvalue weighted by Gasteiger charge is 2.40. The first-order valence-electron chi connectivity index (χ1n) is 11.9. The van der Waals surface area contributed by atoms with Gasteiger partial charge < -0.3 is 21.4 Å². The van der Waals surface area contributed by atoms with E-state index in [0.29, 0.717) is 30.2 Å². The van der Waals surface area contributed by atoms with Crippen LogP contribution in [0.3, 0.4) is 0 Å². The van der Waals surface area contributed by atoms with Gasteiger partial charge in [0.2, 0.25) is 0 Å². The molecule has 1 aliphatic carbocycles. The van der Waals surface area contributed by atoms with Crippen LogP contribution in [0, 0.1) is 0 Å². The number of carbonyl (C=O) groups is 2. The van der Waals surface area contributed by atoms with E-state index in [2.05, 4.69) is 30.8 Å².